The molecule has 0 radical (unpaired) electrons. The van der Waals surface area contributed by atoms with Crippen molar-refractivity contribution in [1.82, 2.24) is 29.2 Å². The molecule has 0 saturated carbocycles. The summed E-state index contributed by atoms with van der Waals surface area (Å²) in [5.41, 5.74) is 2.12. The maximum atomic E-state index is 12.9. The fraction of sp³-hybridized carbons (Fsp3) is 0.300. The molecule has 0 aliphatic carbocycles. The number of rotatable bonds is 4. The van der Waals surface area contributed by atoms with E-state index in [0.717, 1.165) is 30.0 Å². The van der Waals surface area contributed by atoms with Crippen molar-refractivity contribution in [3.8, 4) is 11.6 Å². The van der Waals surface area contributed by atoms with Gasteiger partial charge in [-0.2, -0.15) is 5.10 Å². The highest BCUT2D eigenvalue weighted by atomic mass is 16.3. The Bertz CT molecular complexity index is 1130. The van der Waals surface area contributed by atoms with Crippen molar-refractivity contribution < 1.29 is 9.21 Å². The van der Waals surface area contributed by atoms with E-state index in [9.17, 15) is 4.79 Å². The molecular weight excluding hydrogens is 356 g/mol. The van der Waals surface area contributed by atoms with Crippen molar-refractivity contribution >= 4 is 17.1 Å². The molecule has 0 aromatic carbocycles. The van der Waals surface area contributed by atoms with Crippen LogP contribution in [0, 0.1) is 0 Å². The lowest BCUT2D eigenvalue weighted by molar-refractivity contribution is 0.0781. The van der Waals surface area contributed by atoms with Crippen LogP contribution < -0.4 is 0 Å². The highest BCUT2D eigenvalue weighted by molar-refractivity contribution is 5.92. The van der Waals surface area contributed by atoms with E-state index < -0.39 is 0 Å². The van der Waals surface area contributed by atoms with Gasteiger partial charge in [0.1, 0.15) is 11.2 Å². The number of hydrogen-bond acceptors (Lipinski definition) is 5. The van der Waals surface area contributed by atoms with E-state index in [1.165, 1.54) is 0 Å². The molecule has 0 N–H and O–H groups in total. The van der Waals surface area contributed by atoms with E-state index >= 15 is 0 Å². The van der Waals surface area contributed by atoms with Crippen molar-refractivity contribution in [3.05, 3.63) is 54.7 Å². The molecular formula is C20H20N6O2. The van der Waals surface area contributed by atoms with Crippen LogP contribution in [0.15, 0.2) is 53.4 Å². The molecule has 4 aromatic heterocycles. The molecule has 5 heterocycles. The molecule has 1 aliphatic heterocycles. The number of carbonyl (C=O) groups excluding carboxylic acids is 1. The van der Waals surface area contributed by atoms with E-state index in [0.29, 0.717) is 24.5 Å². The quantitative estimate of drug-likeness (QED) is 0.547. The topological polar surface area (TPSA) is 82.0 Å². The van der Waals surface area contributed by atoms with Crippen LogP contribution in [0.4, 0.5) is 0 Å². The largest absolute Gasteiger partial charge is 0.461 e. The van der Waals surface area contributed by atoms with Crippen molar-refractivity contribution in [2.75, 3.05) is 13.1 Å². The summed E-state index contributed by atoms with van der Waals surface area (Å²) in [6.07, 6.45) is 6.07. The molecule has 1 amide bonds. The van der Waals surface area contributed by atoms with Crippen LogP contribution in [0.5, 0.6) is 0 Å². The Morgan fingerprint density at radius 1 is 1.29 bits per heavy atom. The number of hydrogen-bond donors (Lipinski definition) is 0. The van der Waals surface area contributed by atoms with E-state index in [4.69, 9.17) is 9.40 Å². The van der Waals surface area contributed by atoms with Crippen molar-refractivity contribution in [2.24, 2.45) is 0 Å². The molecule has 0 unspecified atom stereocenters. The highest BCUT2D eigenvalue weighted by Gasteiger charge is 2.32. The molecule has 1 atom stereocenters. The number of furan rings is 1. The van der Waals surface area contributed by atoms with Crippen LogP contribution in [-0.4, -0.2) is 48.2 Å². The fourth-order valence-electron chi connectivity index (χ4n) is 3.81. The predicted molar refractivity (Wildman–Crippen MR) is 103 cm³/mol. The molecule has 5 rings (SSSR count). The predicted octanol–water partition coefficient (Wildman–Crippen LogP) is 2.99. The highest BCUT2D eigenvalue weighted by Crippen LogP contribution is 2.32. The minimum atomic E-state index is -0.0355. The summed E-state index contributed by atoms with van der Waals surface area (Å²) in [5.74, 6) is 1.41. The average molecular weight is 376 g/mol. The number of likely N-dealkylation sites (tertiary alicyclic amines) is 1. The first-order valence-corrected chi connectivity index (χ1v) is 9.44. The minimum Gasteiger partial charge on any atom is -0.461 e. The molecule has 1 aliphatic rings. The van der Waals surface area contributed by atoms with Crippen molar-refractivity contribution in [2.45, 2.75) is 25.9 Å². The van der Waals surface area contributed by atoms with E-state index in [1.54, 1.807) is 23.2 Å². The second-order valence-corrected chi connectivity index (χ2v) is 6.88. The summed E-state index contributed by atoms with van der Waals surface area (Å²) in [6, 6.07) is 9.42. The van der Waals surface area contributed by atoms with Crippen molar-refractivity contribution in [3.63, 3.8) is 0 Å². The summed E-state index contributed by atoms with van der Waals surface area (Å²) in [5, 5.41) is 4.35. The molecule has 0 bridgehead atoms. The normalized spacial score (nSPS) is 16.9. The van der Waals surface area contributed by atoms with Gasteiger partial charge in [0.15, 0.2) is 17.2 Å². The third-order valence-corrected chi connectivity index (χ3v) is 5.19. The zero-order valence-corrected chi connectivity index (χ0v) is 15.5. The summed E-state index contributed by atoms with van der Waals surface area (Å²) < 4.78 is 9.47. The van der Waals surface area contributed by atoms with Crippen molar-refractivity contribution in [1.29, 1.82) is 0 Å². The standard InChI is InChI=1S/C20H20N6O2/c1-2-25-11-8-16(23-25)20(27)24-10-7-14(13-24)26-18-15(5-3-9-21-18)22-19(26)17-6-4-12-28-17/h3-6,8-9,11-12,14H,2,7,10,13H2,1H3/t14-/m1/s1. The molecule has 28 heavy (non-hydrogen) atoms. The number of amides is 1. The zero-order chi connectivity index (χ0) is 19.1. The van der Waals surface area contributed by atoms with Crippen LogP contribution in [0.2, 0.25) is 0 Å². The molecule has 8 nitrogen and oxygen atoms in total. The number of fused-ring (bicyclic) bond motifs is 1. The van der Waals surface area contributed by atoms with Crippen LogP contribution >= 0.6 is 0 Å². The van der Waals surface area contributed by atoms with Crippen LogP contribution in [-0.2, 0) is 6.54 Å². The Kier molecular flexibility index (Phi) is 3.96. The summed E-state index contributed by atoms with van der Waals surface area (Å²) >= 11 is 0. The minimum absolute atomic E-state index is 0.0355. The van der Waals surface area contributed by atoms with Gasteiger partial charge in [-0.1, -0.05) is 0 Å². The van der Waals surface area contributed by atoms with Gasteiger partial charge in [-0.15, -0.1) is 0 Å². The van der Waals surface area contributed by atoms with Gasteiger partial charge in [0.2, 0.25) is 0 Å². The third-order valence-electron chi connectivity index (χ3n) is 5.19. The third kappa shape index (κ3) is 2.69. The number of imidazole rings is 1. The van der Waals surface area contributed by atoms with E-state index in [1.807, 2.05) is 42.3 Å². The van der Waals surface area contributed by atoms with E-state index in [-0.39, 0.29) is 11.9 Å². The zero-order valence-electron chi connectivity index (χ0n) is 15.5. The van der Waals surface area contributed by atoms with Gasteiger partial charge < -0.3 is 13.9 Å². The first-order chi connectivity index (χ1) is 13.7. The number of carbonyl (C=O) groups is 1. The fourth-order valence-corrected chi connectivity index (χ4v) is 3.81. The lowest BCUT2D eigenvalue weighted by Gasteiger charge is -2.17. The summed E-state index contributed by atoms with van der Waals surface area (Å²) in [7, 11) is 0. The Morgan fingerprint density at radius 3 is 3.00 bits per heavy atom. The van der Waals surface area contributed by atoms with Gasteiger partial charge in [-0.25, -0.2) is 9.97 Å². The molecule has 0 spiro atoms. The lowest BCUT2D eigenvalue weighted by atomic mass is 10.2. The number of aryl methyl sites for hydroxylation is 1. The number of aromatic nitrogens is 5. The number of nitrogens with zero attached hydrogens (tertiary/aromatic N) is 6. The summed E-state index contributed by atoms with van der Waals surface area (Å²) in [6.45, 7) is 4.01. The van der Waals surface area contributed by atoms with E-state index in [2.05, 4.69) is 14.6 Å². The first-order valence-electron chi connectivity index (χ1n) is 9.44. The van der Waals surface area contributed by atoms with Gasteiger partial charge >= 0.3 is 0 Å². The second-order valence-electron chi connectivity index (χ2n) is 6.88. The number of pyridine rings is 1. The summed E-state index contributed by atoms with van der Waals surface area (Å²) in [4.78, 5) is 24.0. The Balaban J connectivity index is 1.48. The SMILES string of the molecule is CCn1ccc(C(=O)N2CC[C@@H](n3c(-c4ccco4)nc4cccnc43)C2)n1. The first kappa shape index (κ1) is 16.7. The average Bonchev–Trinajstić information content (AvgIpc) is 3.52. The van der Waals surface area contributed by atoms with Crippen LogP contribution in [0.3, 0.4) is 0 Å². The monoisotopic (exact) mass is 376 g/mol. The molecule has 8 heteroatoms. The second kappa shape index (κ2) is 6.63. The lowest BCUT2D eigenvalue weighted by Crippen LogP contribution is -2.29. The Hall–Kier alpha value is -3.42. The molecule has 4 aromatic rings. The Morgan fingerprint density at radius 2 is 2.21 bits per heavy atom. The molecule has 1 saturated heterocycles. The van der Waals surface area contributed by atoms with Gasteiger partial charge in [-0.3, -0.25) is 9.48 Å². The molecule has 142 valence electrons. The maximum Gasteiger partial charge on any atom is 0.274 e. The van der Waals surface area contributed by atoms with Crippen LogP contribution in [0.25, 0.3) is 22.7 Å². The van der Waals surface area contributed by atoms with Gasteiger partial charge in [-0.05, 0) is 43.7 Å². The van der Waals surface area contributed by atoms with Gasteiger partial charge in [0.25, 0.3) is 5.91 Å². The molecule has 1 fully saturated rings. The smallest absolute Gasteiger partial charge is 0.274 e. The Labute approximate surface area is 161 Å². The van der Waals surface area contributed by atoms with Crippen LogP contribution in [0.1, 0.15) is 29.9 Å². The maximum absolute atomic E-state index is 12.9. The van der Waals surface area contributed by atoms with Gasteiger partial charge in [0.05, 0.1) is 12.3 Å². The van der Waals surface area contributed by atoms with Gasteiger partial charge in [0, 0.05) is 32.0 Å².